The minimum absolute atomic E-state index is 0.0681. The molecule has 23 heavy (non-hydrogen) atoms. The van der Waals surface area contributed by atoms with Crippen LogP contribution in [0.5, 0.6) is 5.75 Å². The molecule has 0 amide bonds. The second-order valence-corrected chi connectivity index (χ2v) is 5.92. The lowest BCUT2D eigenvalue weighted by Gasteiger charge is -2.10. The monoisotopic (exact) mass is 390 g/mol. The molecule has 0 spiro atoms. The molecule has 0 saturated carbocycles. The Labute approximate surface area is 145 Å². The number of carbonyl (C=O) groups is 1. The van der Waals surface area contributed by atoms with Gasteiger partial charge in [-0.25, -0.2) is 5.10 Å². The van der Waals surface area contributed by atoms with Gasteiger partial charge in [0.2, 0.25) is 0 Å². The lowest BCUT2D eigenvalue weighted by atomic mass is 10.0. The zero-order chi connectivity index (χ0) is 16.2. The SMILES string of the molecule is O=C(c1ccccc1)c1ccc(Br)cc1OCc1n[nH]c(=S)o1. The van der Waals surface area contributed by atoms with Gasteiger partial charge in [0.1, 0.15) is 5.75 Å². The van der Waals surface area contributed by atoms with Crippen LogP contribution < -0.4 is 4.74 Å². The van der Waals surface area contributed by atoms with Crippen molar-refractivity contribution in [2.45, 2.75) is 6.61 Å². The number of nitrogens with zero attached hydrogens (tertiary/aromatic N) is 1. The van der Waals surface area contributed by atoms with Gasteiger partial charge in [-0.1, -0.05) is 46.3 Å². The topological polar surface area (TPSA) is 68.1 Å². The number of hydrogen-bond acceptors (Lipinski definition) is 5. The highest BCUT2D eigenvalue weighted by molar-refractivity contribution is 9.10. The Morgan fingerprint density at radius 1 is 1.26 bits per heavy atom. The van der Waals surface area contributed by atoms with Crippen LogP contribution in [0, 0.1) is 4.84 Å². The molecule has 0 radical (unpaired) electrons. The molecule has 1 heterocycles. The number of rotatable bonds is 5. The Morgan fingerprint density at radius 2 is 2.04 bits per heavy atom. The van der Waals surface area contributed by atoms with Crippen molar-refractivity contribution in [1.29, 1.82) is 0 Å². The maximum absolute atomic E-state index is 12.6. The minimum atomic E-state index is -0.115. The lowest BCUT2D eigenvalue weighted by Crippen LogP contribution is -2.06. The molecule has 0 aliphatic heterocycles. The normalized spacial score (nSPS) is 10.5. The molecule has 116 valence electrons. The molecule has 1 N–H and O–H groups in total. The quantitative estimate of drug-likeness (QED) is 0.519. The highest BCUT2D eigenvalue weighted by Crippen LogP contribution is 2.26. The molecule has 1 aromatic heterocycles. The first-order valence-corrected chi connectivity index (χ1v) is 7.90. The third-order valence-electron chi connectivity index (χ3n) is 3.06. The Kier molecular flexibility index (Phi) is 4.68. The van der Waals surface area contributed by atoms with Crippen molar-refractivity contribution in [3.8, 4) is 5.75 Å². The van der Waals surface area contributed by atoms with Crippen molar-refractivity contribution >= 4 is 33.9 Å². The van der Waals surface area contributed by atoms with Crippen LogP contribution in [0.15, 0.2) is 57.4 Å². The van der Waals surface area contributed by atoms with E-state index in [1.807, 2.05) is 18.2 Å². The first-order chi connectivity index (χ1) is 11.1. The predicted octanol–water partition coefficient (Wildman–Crippen LogP) is 4.30. The van der Waals surface area contributed by atoms with Crippen LogP contribution in [0.2, 0.25) is 0 Å². The fourth-order valence-electron chi connectivity index (χ4n) is 2.01. The van der Waals surface area contributed by atoms with E-state index < -0.39 is 0 Å². The fourth-order valence-corrected chi connectivity index (χ4v) is 2.49. The standard InChI is InChI=1S/C16H11BrN2O3S/c17-11-6-7-12(15(20)10-4-2-1-3-5-10)13(8-11)21-9-14-18-19-16(23)22-14/h1-8H,9H2,(H,19,23). The first kappa shape index (κ1) is 15.6. The summed E-state index contributed by atoms with van der Waals surface area (Å²) < 4.78 is 11.6. The van der Waals surface area contributed by atoms with Crippen LogP contribution in [0.25, 0.3) is 0 Å². The number of aromatic amines is 1. The zero-order valence-corrected chi connectivity index (χ0v) is 14.2. The average Bonchev–Trinajstić information content (AvgIpc) is 2.99. The van der Waals surface area contributed by atoms with Gasteiger partial charge in [0.05, 0.1) is 5.56 Å². The molecule has 5 nitrogen and oxygen atoms in total. The average molecular weight is 391 g/mol. The summed E-state index contributed by atoms with van der Waals surface area (Å²) in [6.07, 6.45) is 0. The molecular formula is C16H11BrN2O3S. The van der Waals surface area contributed by atoms with Gasteiger partial charge >= 0.3 is 0 Å². The van der Waals surface area contributed by atoms with E-state index >= 15 is 0 Å². The smallest absolute Gasteiger partial charge is 0.284 e. The maximum Gasteiger partial charge on any atom is 0.284 e. The highest BCUT2D eigenvalue weighted by Gasteiger charge is 2.15. The van der Waals surface area contributed by atoms with Gasteiger partial charge in [-0.3, -0.25) is 4.79 Å². The Bertz CT molecular complexity index is 890. The Hall–Kier alpha value is -2.25. The van der Waals surface area contributed by atoms with Gasteiger partial charge in [-0.05, 0) is 30.4 Å². The van der Waals surface area contributed by atoms with E-state index in [1.165, 1.54) is 0 Å². The molecule has 2 aromatic carbocycles. The number of halogens is 1. The number of nitrogens with one attached hydrogen (secondary N) is 1. The van der Waals surface area contributed by atoms with Gasteiger partial charge in [0.25, 0.3) is 10.7 Å². The van der Waals surface area contributed by atoms with E-state index in [0.717, 1.165) is 4.47 Å². The second kappa shape index (κ2) is 6.89. The van der Waals surface area contributed by atoms with Crippen LogP contribution in [0.1, 0.15) is 21.8 Å². The van der Waals surface area contributed by atoms with Gasteiger partial charge in [-0.2, -0.15) is 0 Å². The maximum atomic E-state index is 12.6. The van der Waals surface area contributed by atoms with Crippen LogP contribution in [0.4, 0.5) is 0 Å². The summed E-state index contributed by atoms with van der Waals surface area (Å²) in [5, 5.41) is 6.39. The number of aromatic nitrogens is 2. The molecular weight excluding hydrogens is 380 g/mol. The third kappa shape index (κ3) is 3.75. The number of ether oxygens (including phenoxy) is 1. The van der Waals surface area contributed by atoms with Crippen molar-refractivity contribution in [2.24, 2.45) is 0 Å². The Morgan fingerprint density at radius 3 is 2.74 bits per heavy atom. The van der Waals surface area contributed by atoms with Crippen molar-refractivity contribution in [2.75, 3.05) is 0 Å². The van der Waals surface area contributed by atoms with Gasteiger partial charge in [0, 0.05) is 10.0 Å². The molecule has 0 fully saturated rings. The highest BCUT2D eigenvalue weighted by atomic mass is 79.9. The van der Waals surface area contributed by atoms with E-state index in [9.17, 15) is 4.79 Å². The van der Waals surface area contributed by atoms with Crippen LogP contribution in [-0.2, 0) is 6.61 Å². The molecule has 0 aliphatic carbocycles. The van der Waals surface area contributed by atoms with Crippen molar-refractivity contribution in [1.82, 2.24) is 10.2 Å². The van der Waals surface area contributed by atoms with Crippen molar-refractivity contribution in [3.05, 3.63) is 74.9 Å². The summed E-state index contributed by atoms with van der Waals surface area (Å²) >= 11 is 8.19. The molecule has 0 saturated heterocycles. The number of H-pyrrole nitrogens is 1. The van der Waals surface area contributed by atoms with Gasteiger partial charge < -0.3 is 9.15 Å². The molecule has 0 atom stereocenters. The minimum Gasteiger partial charge on any atom is -0.483 e. The summed E-state index contributed by atoms with van der Waals surface area (Å²) in [7, 11) is 0. The fraction of sp³-hybridized carbons (Fsp3) is 0.0625. The third-order valence-corrected chi connectivity index (χ3v) is 3.73. The summed E-state index contributed by atoms with van der Waals surface area (Å²) in [4.78, 5) is 12.8. The number of hydrogen-bond donors (Lipinski definition) is 1. The summed E-state index contributed by atoms with van der Waals surface area (Å²) in [6, 6.07) is 14.3. The van der Waals surface area contributed by atoms with E-state index in [4.69, 9.17) is 21.4 Å². The van der Waals surface area contributed by atoms with Crippen molar-refractivity contribution < 1.29 is 13.9 Å². The van der Waals surface area contributed by atoms with Gasteiger partial charge in [-0.15, -0.1) is 5.10 Å². The number of ketones is 1. The van der Waals surface area contributed by atoms with E-state index in [0.29, 0.717) is 22.8 Å². The largest absolute Gasteiger partial charge is 0.483 e. The molecule has 0 aliphatic rings. The van der Waals surface area contributed by atoms with E-state index in [1.54, 1.807) is 30.3 Å². The first-order valence-electron chi connectivity index (χ1n) is 6.70. The zero-order valence-electron chi connectivity index (χ0n) is 11.8. The van der Waals surface area contributed by atoms with E-state index in [2.05, 4.69) is 26.1 Å². The van der Waals surface area contributed by atoms with E-state index in [-0.39, 0.29) is 17.2 Å². The number of benzene rings is 2. The van der Waals surface area contributed by atoms with Crippen LogP contribution in [-0.4, -0.2) is 16.0 Å². The molecule has 0 bridgehead atoms. The summed E-state index contributed by atoms with van der Waals surface area (Å²) in [5.41, 5.74) is 1.06. The Balaban J connectivity index is 1.88. The molecule has 3 aromatic rings. The molecule has 3 rings (SSSR count). The lowest BCUT2D eigenvalue weighted by molar-refractivity contribution is 0.103. The summed E-state index contributed by atoms with van der Waals surface area (Å²) in [5.74, 6) is 0.640. The molecule has 7 heteroatoms. The summed E-state index contributed by atoms with van der Waals surface area (Å²) in [6.45, 7) is 0.0681. The predicted molar refractivity (Wildman–Crippen MR) is 90.0 cm³/mol. The molecule has 0 unspecified atom stereocenters. The van der Waals surface area contributed by atoms with Crippen molar-refractivity contribution in [3.63, 3.8) is 0 Å². The van der Waals surface area contributed by atoms with Gasteiger partial charge in [0.15, 0.2) is 12.4 Å². The van der Waals surface area contributed by atoms with Crippen LogP contribution in [0.3, 0.4) is 0 Å². The van der Waals surface area contributed by atoms with Crippen LogP contribution >= 0.6 is 28.1 Å². The number of carbonyl (C=O) groups excluding carboxylic acids is 1. The second-order valence-electron chi connectivity index (χ2n) is 4.63.